The summed E-state index contributed by atoms with van der Waals surface area (Å²) in [7, 11) is 12.3. The summed E-state index contributed by atoms with van der Waals surface area (Å²) in [5.74, 6) is 1.34. The number of amides is 1. The number of ether oxygens (including phenoxy) is 1. The summed E-state index contributed by atoms with van der Waals surface area (Å²) in [6.45, 7) is 3.43. The zero-order valence-corrected chi connectivity index (χ0v) is 23.8. The molecule has 0 aromatic carbocycles. The number of rotatable bonds is 5. The standard InChI is InChI=1S/C25H29B4N9O2/c1-14-6-16(8-30)31-10-18(14)40-20-7-17(21-22(35-20)37(3)13-33-21)34-19-5-4-15(9-32-19)23(39)38-24(26,27)11-36(2)12-25(38,28)29/h4-7,9-10,13H,11-12,26-29H2,1-3H3,(H,32,34,35). The first-order valence-corrected chi connectivity index (χ1v) is 13.0. The maximum absolute atomic E-state index is 13.7. The van der Waals surface area contributed by atoms with Crippen molar-refractivity contribution in [1.82, 2.24) is 34.3 Å². The SMILES string of the molecule is BC1(B)CN(C)CC(B)(B)N1C(=O)c1ccc(Nc2cc(Oc3cnc(C#N)cc3C)nc3c2ncn3C)nc1. The summed E-state index contributed by atoms with van der Waals surface area (Å²) in [5, 5.41) is 11.8. The number of hydrogen-bond acceptors (Lipinski definition) is 9. The van der Waals surface area contributed by atoms with Gasteiger partial charge in [0.05, 0.1) is 23.8 Å². The maximum atomic E-state index is 13.7. The van der Waals surface area contributed by atoms with E-state index in [1.54, 1.807) is 41.4 Å². The van der Waals surface area contributed by atoms with E-state index < -0.39 is 0 Å². The van der Waals surface area contributed by atoms with Crippen LogP contribution in [0.3, 0.4) is 0 Å². The van der Waals surface area contributed by atoms with E-state index >= 15 is 0 Å². The van der Waals surface area contributed by atoms with Crippen molar-refractivity contribution < 1.29 is 9.53 Å². The van der Waals surface area contributed by atoms with Gasteiger partial charge in [-0.25, -0.2) is 15.0 Å². The van der Waals surface area contributed by atoms with Crippen LogP contribution >= 0.6 is 0 Å². The number of nitrogens with zero attached hydrogens (tertiary/aromatic N) is 8. The van der Waals surface area contributed by atoms with Crippen LogP contribution in [0.4, 0.5) is 11.5 Å². The van der Waals surface area contributed by atoms with Gasteiger partial charge in [0.15, 0.2) is 11.4 Å². The fourth-order valence-electron chi connectivity index (χ4n) is 5.79. The van der Waals surface area contributed by atoms with Gasteiger partial charge in [0.25, 0.3) is 5.91 Å². The van der Waals surface area contributed by atoms with Crippen LogP contribution in [0, 0.1) is 18.3 Å². The molecule has 0 bridgehead atoms. The highest BCUT2D eigenvalue weighted by Gasteiger charge is 2.45. The molecule has 40 heavy (non-hydrogen) atoms. The molecule has 1 N–H and O–H groups in total. The summed E-state index contributed by atoms with van der Waals surface area (Å²) in [5.41, 5.74) is 3.52. The topological polar surface area (TPSA) is 125 Å². The normalized spacial score (nSPS) is 16.4. The van der Waals surface area contributed by atoms with E-state index in [1.165, 1.54) is 6.20 Å². The molecule has 0 aliphatic carbocycles. The van der Waals surface area contributed by atoms with Crippen molar-refractivity contribution in [3.8, 4) is 17.7 Å². The number of carbonyl (C=O) groups excluding carboxylic acids is 1. The first-order chi connectivity index (χ1) is 18.9. The van der Waals surface area contributed by atoms with Gasteiger partial charge in [-0.15, -0.1) is 0 Å². The Morgan fingerprint density at radius 2 is 1.80 bits per heavy atom. The van der Waals surface area contributed by atoms with Gasteiger partial charge >= 0.3 is 0 Å². The number of carbonyl (C=O) groups is 1. The third kappa shape index (κ3) is 5.14. The van der Waals surface area contributed by atoms with E-state index in [9.17, 15) is 4.79 Å². The summed E-state index contributed by atoms with van der Waals surface area (Å²) in [4.78, 5) is 35.7. The van der Waals surface area contributed by atoms with E-state index in [1.807, 2.05) is 24.9 Å². The lowest BCUT2D eigenvalue weighted by molar-refractivity contribution is 0.0413. The van der Waals surface area contributed by atoms with Crippen molar-refractivity contribution in [3.05, 3.63) is 59.8 Å². The summed E-state index contributed by atoms with van der Waals surface area (Å²) in [6.07, 6.45) is 4.79. The van der Waals surface area contributed by atoms with Crippen molar-refractivity contribution >= 4 is 60.0 Å². The van der Waals surface area contributed by atoms with Crippen molar-refractivity contribution in [2.24, 2.45) is 7.05 Å². The van der Waals surface area contributed by atoms with E-state index in [0.717, 1.165) is 18.7 Å². The van der Waals surface area contributed by atoms with Gasteiger partial charge < -0.3 is 24.4 Å². The Morgan fingerprint density at radius 3 is 2.42 bits per heavy atom. The molecule has 1 aliphatic heterocycles. The average molecular weight is 531 g/mol. The van der Waals surface area contributed by atoms with Gasteiger partial charge in [-0.3, -0.25) is 4.79 Å². The largest absolute Gasteiger partial charge is 0.437 e. The molecule has 5 rings (SSSR count). The minimum Gasteiger partial charge on any atom is -0.437 e. The number of aryl methyl sites for hydroxylation is 2. The third-order valence-corrected chi connectivity index (χ3v) is 7.04. The van der Waals surface area contributed by atoms with E-state index in [-0.39, 0.29) is 16.6 Å². The number of likely N-dealkylation sites (N-methyl/N-ethyl adjacent to an activating group) is 1. The van der Waals surface area contributed by atoms with Crippen LogP contribution in [-0.4, -0.2) is 102 Å². The Bertz CT molecular complexity index is 1630. The van der Waals surface area contributed by atoms with Crippen LogP contribution in [0.5, 0.6) is 11.6 Å². The van der Waals surface area contributed by atoms with E-state index in [2.05, 4.69) is 68.6 Å². The number of pyridine rings is 3. The van der Waals surface area contributed by atoms with Crippen molar-refractivity contribution in [3.63, 3.8) is 0 Å². The van der Waals surface area contributed by atoms with E-state index in [0.29, 0.717) is 45.6 Å². The predicted octanol–water partition coefficient (Wildman–Crippen LogP) is -1.30. The minimum atomic E-state index is -0.328. The lowest BCUT2D eigenvalue weighted by Gasteiger charge is -2.57. The summed E-state index contributed by atoms with van der Waals surface area (Å²) >= 11 is 0. The molecule has 0 atom stereocenters. The number of hydrogen-bond donors (Lipinski definition) is 1. The van der Waals surface area contributed by atoms with Crippen LogP contribution in [0.25, 0.3) is 11.2 Å². The van der Waals surface area contributed by atoms with E-state index in [4.69, 9.17) is 10.00 Å². The second-order valence-electron chi connectivity index (χ2n) is 11.6. The monoisotopic (exact) mass is 531 g/mol. The fraction of sp³-hybridized carbons (Fsp3) is 0.280. The molecule has 4 aromatic rings. The van der Waals surface area contributed by atoms with Crippen LogP contribution in [0.2, 0.25) is 0 Å². The highest BCUT2D eigenvalue weighted by Crippen LogP contribution is 2.32. The number of anilines is 2. The maximum Gasteiger partial charge on any atom is 0.253 e. The molecule has 0 unspecified atom stereocenters. The van der Waals surface area contributed by atoms with Crippen LogP contribution in [0.1, 0.15) is 21.6 Å². The molecule has 0 radical (unpaired) electrons. The first-order valence-electron chi connectivity index (χ1n) is 13.0. The molecule has 11 nitrogen and oxygen atoms in total. The zero-order valence-electron chi connectivity index (χ0n) is 23.8. The second kappa shape index (κ2) is 10.0. The second-order valence-corrected chi connectivity index (χ2v) is 11.6. The molecule has 1 fully saturated rings. The molecule has 0 spiro atoms. The van der Waals surface area contributed by atoms with Crippen LogP contribution in [0.15, 0.2) is 43.0 Å². The van der Waals surface area contributed by atoms with Gasteiger partial charge in [-0.1, -0.05) is 0 Å². The Hall–Kier alpha value is -4.30. The molecule has 4 aromatic heterocycles. The molecule has 1 amide bonds. The lowest BCUT2D eigenvalue weighted by atomic mass is 9.50. The van der Waals surface area contributed by atoms with Crippen LogP contribution < -0.4 is 10.1 Å². The smallest absolute Gasteiger partial charge is 0.253 e. The summed E-state index contributed by atoms with van der Waals surface area (Å²) in [6, 6.07) is 9.01. The number of fused-ring (bicyclic) bond motifs is 1. The summed E-state index contributed by atoms with van der Waals surface area (Å²) < 4.78 is 7.84. The van der Waals surface area contributed by atoms with Crippen molar-refractivity contribution in [2.45, 2.75) is 17.6 Å². The van der Waals surface area contributed by atoms with Gasteiger partial charge in [-0.05, 0) is 48.4 Å². The number of nitrogens with one attached hydrogen (secondary N) is 1. The molecule has 5 heterocycles. The average Bonchev–Trinajstić information content (AvgIpc) is 3.24. The lowest BCUT2D eigenvalue weighted by Crippen LogP contribution is -2.75. The molecule has 1 saturated heterocycles. The minimum absolute atomic E-state index is 0.0414. The number of piperazine rings is 1. The molecular weight excluding hydrogens is 502 g/mol. The quantitative estimate of drug-likeness (QED) is 0.314. The third-order valence-electron chi connectivity index (χ3n) is 7.04. The Morgan fingerprint density at radius 1 is 1.07 bits per heavy atom. The van der Waals surface area contributed by atoms with Gasteiger partial charge in [0.1, 0.15) is 54.5 Å². The molecular formula is C25H29B4N9O2. The number of nitriles is 1. The van der Waals surface area contributed by atoms with Gasteiger partial charge in [-0.2, -0.15) is 10.2 Å². The Balaban J connectivity index is 1.42. The predicted molar refractivity (Wildman–Crippen MR) is 163 cm³/mol. The molecule has 15 heteroatoms. The number of aromatic nitrogens is 5. The molecule has 1 aliphatic rings. The molecule has 0 saturated carbocycles. The first kappa shape index (κ1) is 27.3. The number of imidazole rings is 1. The highest BCUT2D eigenvalue weighted by molar-refractivity contribution is 6.46. The van der Waals surface area contributed by atoms with Gasteiger partial charge in [0.2, 0.25) is 5.88 Å². The van der Waals surface area contributed by atoms with Gasteiger partial charge in [0, 0.05) is 32.4 Å². The zero-order chi connectivity index (χ0) is 28.8. The highest BCUT2D eigenvalue weighted by atomic mass is 16.5. The Kier molecular flexibility index (Phi) is 6.83. The molecule has 198 valence electrons. The Labute approximate surface area is 236 Å². The van der Waals surface area contributed by atoms with Crippen molar-refractivity contribution in [1.29, 1.82) is 5.26 Å². The fourth-order valence-corrected chi connectivity index (χ4v) is 5.79. The van der Waals surface area contributed by atoms with Crippen LogP contribution in [-0.2, 0) is 7.05 Å². The van der Waals surface area contributed by atoms with Crippen molar-refractivity contribution in [2.75, 3.05) is 25.5 Å².